The number of hydrogen-bond acceptors (Lipinski definition) is 5. The van der Waals surface area contributed by atoms with Gasteiger partial charge in [0.2, 0.25) is 5.91 Å². The minimum atomic E-state index is -0.700. The van der Waals surface area contributed by atoms with Crippen LogP contribution in [0.1, 0.15) is 15.9 Å². The molecule has 0 aromatic heterocycles. The Hall–Kier alpha value is -1.63. The van der Waals surface area contributed by atoms with Gasteiger partial charge in [-0.15, -0.1) is 12.4 Å². The van der Waals surface area contributed by atoms with E-state index in [-0.39, 0.29) is 24.9 Å². The molecule has 0 saturated carbocycles. The zero-order valence-corrected chi connectivity index (χ0v) is 12.2. The molecule has 0 saturated heterocycles. The fourth-order valence-corrected chi connectivity index (χ4v) is 1.50. The van der Waals surface area contributed by atoms with Gasteiger partial charge in [0.05, 0.1) is 19.3 Å². The number of ether oxygens (including phenoxy) is 2. The lowest BCUT2D eigenvalue weighted by molar-refractivity contribution is -0.123. The molecule has 1 aromatic carbocycles. The van der Waals surface area contributed by atoms with Crippen LogP contribution in [0, 0.1) is 0 Å². The van der Waals surface area contributed by atoms with Gasteiger partial charge in [0.1, 0.15) is 6.04 Å². The molecule has 0 spiro atoms. The number of benzene rings is 1. The van der Waals surface area contributed by atoms with Gasteiger partial charge in [0.25, 0.3) is 0 Å². The Morgan fingerprint density at radius 2 is 2.05 bits per heavy atom. The molecule has 3 N–H and O–H groups in total. The predicted octanol–water partition coefficient (Wildman–Crippen LogP) is 0.485. The lowest BCUT2D eigenvalue weighted by atomic mass is 10.1. The number of nitrogens with one attached hydrogen (secondary N) is 1. The first-order chi connectivity index (χ1) is 9.08. The summed E-state index contributed by atoms with van der Waals surface area (Å²) in [5, 5.41) is 2.67. The van der Waals surface area contributed by atoms with E-state index in [9.17, 15) is 9.59 Å². The summed E-state index contributed by atoms with van der Waals surface area (Å²) in [7, 11) is 2.80. The molecule has 0 aliphatic carbocycles. The van der Waals surface area contributed by atoms with Crippen LogP contribution in [0.4, 0.5) is 0 Å². The van der Waals surface area contributed by atoms with E-state index in [1.54, 1.807) is 24.3 Å². The van der Waals surface area contributed by atoms with Gasteiger partial charge in [-0.1, -0.05) is 12.1 Å². The normalized spacial score (nSPS) is 11.2. The van der Waals surface area contributed by atoms with Crippen LogP contribution in [0.15, 0.2) is 24.3 Å². The number of nitrogens with two attached hydrogens (primary N) is 1. The first-order valence-corrected chi connectivity index (χ1v) is 5.78. The Labute approximate surface area is 124 Å². The molecule has 7 heteroatoms. The number of carbonyl (C=O) groups excluding carboxylic acids is 2. The Morgan fingerprint density at radius 1 is 1.35 bits per heavy atom. The average Bonchev–Trinajstić information content (AvgIpc) is 2.44. The second kappa shape index (κ2) is 9.30. The van der Waals surface area contributed by atoms with Crippen LogP contribution in [0.25, 0.3) is 0 Å². The summed E-state index contributed by atoms with van der Waals surface area (Å²) in [6, 6.07) is 6.13. The Kier molecular flexibility index (Phi) is 8.54. The van der Waals surface area contributed by atoms with Crippen LogP contribution < -0.4 is 11.1 Å². The molecule has 20 heavy (non-hydrogen) atoms. The first-order valence-electron chi connectivity index (χ1n) is 5.78. The molecule has 0 radical (unpaired) electrons. The lowest BCUT2D eigenvalue weighted by Crippen LogP contribution is -2.43. The molecule has 112 valence electrons. The van der Waals surface area contributed by atoms with Crippen LogP contribution in [0.2, 0.25) is 0 Å². The van der Waals surface area contributed by atoms with Gasteiger partial charge in [-0.2, -0.15) is 0 Å². The van der Waals surface area contributed by atoms with Gasteiger partial charge >= 0.3 is 5.97 Å². The van der Waals surface area contributed by atoms with Crippen molar-refractivity contribution >= 4 is 24.3 Å². The van der Waals surface area contributed by atoms with Gasteiger partial charge in [-0.25, -0.2) is 4.79 Å². The SMILES string of the molecule is COCC(N)C(=O)NCc1cccc(C(=O)OC)c1.Cl. The largest absolute Gasteiger partial charge is 0.465 e. The van der Waals surface area contributed by atoms with Gasteiger partial charge in [0, 0.05) is 13.7 Å². The molecule has 1 aromatic rings. The molecule has 1 unspecified atom stereocenters. The van der Waals surface area contributed by atoms with E-state index in [4.69, 9.17) is 10.5 Å². The van der Waals surface area contributed by atoms with Crippen molar-refractivity contribution in [3.05, 3.63) is 35.4 Å². The minimum absolute atomic E-state index is 0. The Balaban J connectivity index is 0.00000361. The van der Waals surface area contributed by atoms with Crippen molar-refractivity contribution in [2.24, 2.45) is 5.73 Å². The first kappa shape index (κ1) is 18.4. The van der Waals surface area contributed by atoms with Crippen molar-refractivity contribution in [1.82, 2.24) is 5.32 Å². The molecule has 0 aliphatic heterocycles. The van der Waals surface area contributed by atoms with E-state index < -0.39 is 12.0 Å². The highest BCUT2D eigenvalue weighted by Gasteiger charge is 2.12. The van der Waals surface area contributed by atoms with Gasteiger partial charge < -0.3 is 20.5 Å². The van der Waals surface area contributed by atoms with Crippen molar-refractivity contribution in [2.45, 2.75) is 12.6 Å². The molecule has 1 amide bonds. The molecule has 1 atom stereocenters. The molecule has 0 heterocycles. The van der Waals surface area contributed by atoms with E-state index in [0.717, 1.165) is 5.56 Å². The maximum atomic E-state index is 11.6. The van der Waals surface area contributed by atoms with E-state index in [1.807, 2.05) is 0 Å². The lowest BCUT2D eigenvalue weighted by Gasteiger charge is -2.11. The van der Waals surface area contributed by atoms with Crippen LogP contribution in [0.5, 0.6) is 0 Å². The average molecular weight is 303 g/mol. The molecule has 1 rings (SSSR count). The third-order valence-electron chi connectivity index (χ3n) is 2.50. The molecule has 0 bridgehead atoms. The summed E-state index contributed by atoms with van der Waals surface area (Å²) in [5.74, 6) is -0.713. The van der Waals surface area contributed by atoms with Crippen molar-refractivity contribution in [2.75, 3.05) is 20.8 Å². The van der Waals surface area contributed by atoms with Crippen LogP contribution in [-0.2, 0) is 20.8 Å². The quantitative estimate of drug-likeness (QED) is 0.746. The number of carbonyl (C=O) groups is 2. The van der Waals surface area contributed by atoms with Crippen LogP contribution >= 0.6 is 12.4 Å². The highest BCUT2D eigenvalue weighted by molar-refractivity contribution is 5.89. The van der Waals surface area contributed by atoms with Crippen LogP contribution in [-0.4, -0.2) is 38.7 Å². The maximum Gasteiger partial charge on any atom is 0.337 e. The molecule has 6 nitrogen and oxygen atoms in total. The van der Waals surface area contributed by atoms with E-state index in [1.165, 1.54) is 14.2 Å². The third kappa shape index (κ3) is 5.56. The summed E-state index contributed by atoms with van der Waals surface area (Å²) in [4.78, 5) is 22.9. The summed E-state index contributed by atoms with van der Waals surface area (Å²) in [6.45, 7) is 0.453. The second-order valence-corrected chi connectivity index (χ2v) is 3.97. The highest BCUT2D eigenvalue weighted by Crippen LogP contribution is 2.06. The van der Waals surface area contributed by atoms with Crippen molar-refractivity contribution in [3.63, 3.8) is 0 Å². The molecular weight excluding hydrogens is 284 g/mol. The van der Waals surface area contributed by atoms with Gasteiger partial charge in [-0.3, -0.25) is 4.79 Å². The van der Waals surface area contributed by atoms with E-state index in [2.05, 4.69) is 10.1 Å². The van der Waals surface area contributed by atoms with Crippen LogP contribution in [0.3, 0.4) is 0 Å². The number of halogens is 1. The van der Waals surface area contributed by atoms with E-state index in [0.29, 0.717) is 12.1 Å². The molecular formula is C13H19ClN2O4. The van der Waals surface area contributed by atoms with E-state index >= 15 is 0 Å². The summed E-state index contributed by atoms with van der Waals surface area (Å²) < 4.78 is 9.42. The fraction of sp³-hybridized carbons (Fsp3) is 0.385. The Morgan fingerprint density at radius 3 is 2.65 bits per heavy atom. The highest BCUT2D eigenvalue weighted by atomic mass is 35.5. The fourth-order valence-electron chi connectivity index (χ4n) is 1.50. The smallest absolute Gasteiger partial charge is 0.337 e. The molecule has 0 fully saturated rings. The van der Waals surface area contributed by atoms with Gasteiger partial charge in [0.15, 0.2) is 0 Å². The summed E-state index contributed by atoms with van der Waals surface area (Å²) in [5.41, 5.74) is 6.81. The number of methoxy groups -OCH3 is 2. The third-order valence-corrected chi connectivity index (χ3v) is 2.50. The predicted molar refractivity (Wildman–Crippen MR) is 76.7 cm³/mol. The Bertz CT molecular complexity index is 454. The second-order valence-electron chi connectivity index (χ2n) is 3.97. The zero-order valence-electron chi connectivity index (χ0n) is 11.4. The van der Waals surface area contributed by atoms with Gasteiger partial charge in [-0.05, 0) is 17.7 Å². The number of rotatable bonds is 6. The molecule has 0 aliphatic rings. The monoisotopic (exact) mass is 302 g/mol. The summed E-state index contributed by atoms with van der Waals surface area (Å²) >= 11 is 0. The topological polar surface area (TPSA) is 90.6 Å². The van der Waals surface area contributed by atoms with Crippen molar-refractivity contribution in [1.29, 1.82) is 0 Å². The van der Waals surface area contributed by atoms with Crippen molar-refractivity contribution in [3.8, 4) is 0 Å². The maximum absolute atomic E-state index is 11.6. The number of hydrogen-bond donors (Lipinski definition) is 2. The van der Waals surface area contributed by atoms with Crippen molar-refractivity contribution < 1.29 is 19.1 Å². The zero-order chi connectivity index (χ0) is 14.3. The summed E-state index contributed by atoms with van der Waals surface area (Å²) in [6.07, 6.45) is 0. The number of amides is 1. The number of esters is 1. The minimum Gasteiger partial charge on any atom is -0.465 e. The standard InChI is InChI=1S/C13H18N2O4.ClH/c1-18-8-11(14)12(16)15-7-9-4-3-5-10(6-9)13(17)19-2;/h3-6,11H,7-8,14H2,1-2H3,(H,15,16);1H.